The molecule has 0 bridgehead atoms. The van der Waals surface area contributed by atoms with E-state index in [1.54, 1.807) is 21.3 Å². The zero-order valence-electron chi connectivity index (χ0n) is 13.6. The molecular weight excluding hydrogens is 292 g/mol. The largest absolute Gasteiger partial charge is 0.497 e. The summed E-state index contributed by atoms with van der Waals surface area (Å²) in [6.07, 6.45) is 1.88. The van der Waals surface area contributed by atoms with E-state index >= 15 is 0 Å². The van der Waals surface area contributed by atoms with Crippen molar-refractivity contribution in [3.63, 3.8) is 0 Å². The van der Waals surface area contributed by atoms with Crippen molar-refractivity contribution in [2.45, 2.75) is 18.9 Å². The highest BCUT2D eigenvalue weighted by Gasteiger charge is 2.34. The zero-order valence-corrected chi connectivity index (χ0v) is 13.6. The molecule has 0 saturated heterocycles. The monoisotopic (exact) mass is 312 g/mol. The van der Waals surface area contributed by atoms with Crippen LogP contribution in [0.25, 0.3) is 11.1 Å². The van der Waals surface area contributed by atoms with Crippen molar-refractivity contribution in [3.05, 3.63) is 41.0 Å². The van der Waals surface area contributed by atoms with Crippen LogP contribution in [-0.4, -0.2) is 27.9 Å². The molecule has 0 amide bonds. The smallest absolute Gasteiger partial charge is 0.168 e. The van der Waals surface area contributed by atoms with E-state index in [9.17, 15) is 0 Å². The Balaban J connectivity index is 2.06. The lowest BCUT2D eigenvalue weighted by Gasteiger charge is -2.35. The van der Waals surface area contributed by atoms with Gasteiger partial charge in [0, 0.05) is 12.0 Å². The Morgan fingerprint density at radius 2 is 1.87 bits per heavy atom. The van der Waals surface area contributed by atoms with E-state index < -0.39 is 0 Å². The van der Waals surface area contributed by atoms with Gasteiger partial charge in [0.25, 0.3) is 0 Å². The molecule has 1 heterocycles. The lowest BCUT2D eigenvalue weighted by Crippen LogP contribution is -2.23. The SMILES string of the molecule is COc1ccc2c(c1)-c1c(OC)c(OC)cc3c1C(C2)OCC3. The Morgan fingerprint density at radius 3 is 2.61 bits per heavy atom. The summed E-state index contributed by atoms with van der Waals surface area (Å²) in [6.45, 7) is 0.748. The van der Waals surface area contributed by atoms with Crippen LogP contribution < -0.4 is 14.2 Å². The van der Waals surface area contributed by atoms with Gasteiger partial charge in [-0.25, -0.2) is 0 Å². The number of hydrogen-bond acceptors (Lipinski definition) is 4. The maximum Gasteiger partial charge on any atom is 0.168 e. The average molecular weight is 312 g/mol. The van der Waals surface area contributed by atoms with E-state index in [0.29, 0.717) is 0 Å². The first-order chi connectivity index (χ1) is 11.3. The van der Waals surface area contributed by atoms with Crippen molar-refractivity contribution in [1.82, 2.24) is 0 Å². The Hall–Kier alpha value is -2.20. The summed E-state index contributed by atoms with van der Waals surface area (Å²) in [5, 5.41) is 0. The maximum atomic E-state index is 6.04. The molecule has 0 aromatic heterocycles. The minimum Gasteiger partial charge on any atom is -0.497 e. The molecule has 0 radical (unpaired) electrons. The molecule has 2 aromatic carbocycles. The summed E-state index contributed by atoms with van der Waals surface area (Å²) in [5.41, 5.74) is 6.03. The molecule has 1 unspecified atom stereocenters. The van der Waals surface area contributed by atoms with E-state index in [4.69, 9.17) is 18.9 Å². The molecule has 2 aromatic rings. The van der Waals surface area contributed by atoms with Gasteiger partial charge in [0.1, 0.15) is 5.75 Å². The quantitative estimate of drug-likeness (QED) is 0.868. The Kier molecular flexibility index (Phi) is 3.42. The molecule has 2 aliphatic rings. The zero-order chi connectivity index (χ0) is 16.0. The summed E-state index contributed by atoms with van der Waals surface area (Å²) >= 11 is 0. The summed E-state index contributed by atoms with van der Waals surface area (Å²) in [6, 6.07) is 8.30. The summed E-state index contributed by atoms with van der Waals surface area (Å²) in [5.74, 6) is 2.39. The normalized spacial score (nSPS) is 18.0. The number of rotatable bonds is 3. The van der Waals surface area contributed by atoms with Gasteiger partial charge in [0.15, 0.2) is 11.5 Å². The maximum absolute atomic E-state index is 6.04. The molecule has 4 nitrogen and oxygen atoms in total. The van der Waals surface area contributed by atoms with E-state index in [-0.39, 0.29) is 6.10 Å². The van der Waals surface area contributed by atoms with Crippen molar-refractivity contribution in [3.8, 4) is 28.4 Å². The van der Waals surface area contributed by atoms with Gasteiger partial charge in [-0.3, -0.25) is 0 Å². The van der Waals surface area contributed by atoms with Crippen LogP contribution in [0.5, 0.6) is 17.2 Å². The minimum absolute atomic E-state index is 0.0921. The van der Waals surface area contributed by atoms with Crippen LogP contribution in [0.3, 0.4) is 0 Å². The van der Waals surface area contributed by atoms with E-state index in [1.165, 1.54) is 16.7 Å². The molecule has 0 fully saturated rings. The van der Waals surface area contributed by atoms with E-state index in [0.717, 1.165) is 47.8 Å². The van der Waals surface area contributed by atoms with Crippen LogP contribution in [-0.2, 0) is 17.6 Å². The van der Waals surface area contributed by atoms with Gasteiger partial charge in [-0.05, 0) is 46.9 Å². The highest BCUT2D eigenvalue weighted by molar-refractivity contribution is 5.84. The van der Waals surface area contributed by atoms with Gasteiger partial charge in [-0.1, -0.05) is 6.07 Å². The molecule has 120 valence electrons. The number of fused-ring (bicyclic) bond motifs is 2. The van der Waals surface area contributed by atoms with Crippen LogP contribution in [0, 0.1) is 0 Å². The molecule has 23 heavy (non-hydrogen) atoms. The molecule has 4 heteroatoms. The summed E-state index contributed by atoms with van der Waals surface area (Å²) < 4.78 is 22.8. The van der Waals surface area contributed by atoms with Crippen LogP contribution in [0.2, 0.25) is 0 Å². The molecular formula is C19H20O4. The first kappa shape index (κ1) is 14.4. The second kappa shape index (κ2) is 5.46. The minimum atomic E-state index is 0.0921. The van der Waals surface area contributed by atoms with Gasteiger partial charge in [-0.2, -0.15) is 0 Å². The predicted octanol–water partition coefficient (Wildman–Crippen LogP) is 3.55. The van der Waals surface area contributed by atoms with Gasteiger partial charge in [0.05, 0.1) is 34.0 Å². The lowest BCUT2D eigenvalue weighted by molar-refractivity contribution is 0.0417. The fraction of sp³-hybridized carbons (Fsp3) is 0.368. The molecule has 0 spiro atoms. The molecule has 1 aliphatic heterocycles. The van der Waals surface area contributed by atoms with Crippen molar-refractivity contribution >= 4 is 0 Å². The second-order valence-corrected chi connectivity index (χ2v) is 5.90. The average Bonchev–Trinajstić information content (AvgIpc) is 2.60. The van der Waals surface area contributed by atoms with Crippen molar-refractivity contribution in [2.24, 2.45) is 0 Å². The van der Waals surface area contributed by atoms with Gasteiger partial charge >= 0.3 is 0 Å². The fourth-order valence-corrected chi connectivity index (χ4v) is 3.75. The van der Waals surface area contributed by atoms with Crippen LogP contribution >= 0.6 is 0 Å². The summed E-state index contributed by atoms with van der Waals surface area (Å²) in [4.78, 5) is 0. The number of benzene rings is 2. The molecule has 4 rings (SSSR count). The number of hydrogen-bond donors (Lipinski definition) is 0. The van der Waals surface area contributed by atoms with E-state index in [1.807, 2.05) is 6.07 Å². The number of ether oxygens (including phenoxy) is 4. The highest BCUT2D eigenvalue weighted by Crippen LogP contribution is 2.52. The summed E-state index contributed by atoms with van der Waals surface area (Å²) in [7, 11) is 5.06. The van der Waals surface area contributed by atoms with Crippen molar-refractivity contribution in [1.29, 1.82) is 0 Å². The van der Waals surface area contributed by atoms with Crippen molar-refractivity contribution < 1.29 is 18.9 Å². The Bertz CT molecular complexity index is 766. The molecule has 1 aliphatic carbocycles. The first-order valence-electron chi connectivity index (χ1n) is 7.83. The van der Waals surface area contributed by atoms with Crippen LogP contribution in [0.15, 0.2) is 24.3 Å². The van der Waals surface area contributed by atoms with Crippen LogP contribution in [0.4, 0.5) is 0 Å². The molecule has 0 N–H and O–H groups in total. The lowest BCUT2D eigenvalue weighted by atomic mass is 9.79. The van der Waals surface area contributed by atoms with Gasteiger partial charge in [0.2, 0.25) is 0 Å². The fourth-order valence-electron chi connectivity index (χ4n) is 3.75. The third-order valence-electron chi connectivity index (χ3n) is 4.80. The molecule has 0 saturated carbocycles. The van der Waals surface area contributed by atoms with Crippen molar-refractivity contribution in [2.75, 3.05) is 27.9 Å². The second-order valence-electron chi connectivity index (χ2n) is 5.90. The molecule has 1 atom stereocenters. The van der Waals surface area contributed by atoms with Gasteiger partial charge < -0.3 is 18.9 Å². The topological polar surface area (TPSA) is 36.9 Å². The van der Waals surface area contributed by atoms with Crippen LogP contribution in [0.1, 0.15) is 22.8 Å². The third kappa shape index (κ3) is 2.09. The Labute approximate surface area is 135 Å². The Morgan fingerprint density at radius 1 is 1.00 bits per heavy atom. The predicted molar refractivity (Wildman–Crippen MR) is 87.6 cm³/mol. The highest BCUT2D eigenvalue weighted by atomic mass is 16.5. The standard InChI is InChI=1S/C19H20O4/c1-20-13-5-4-11-8-15-17-12(6-7-23-15)9-16(21-2)19(22-3)18(17)14(11)10-13/h4-5,9-10,15H,6-8H2,1-3H3. The van der Waals surface area contributed by atoms with E-state index in [2.05, 4.69) is 18.2 Å². The first-order valence-corrected chi connectivity index (χ1v) is 7.83. The third-order valence-corrected chi connectivity index (χ3v) is 4.80. The van der Waals surface area contributed by atoms with Gasteiger partial charge in [-0.15, -0.1) is 0 Å². The number of methoxy groups -OCH3 is 3.